The first kappa shape index (κ1) is 8.96. The van der Waals surface area contributed by atoms with Crippen LogP contribution in [0, 0.1) is 5.92 Å². The molecule has 0 aromatic heterocycles. The number of benzene rings is 1. The van der Waals surface area contributed by atoms with E-state index in [1.165, 1.54) is 5.57 Å². The molecule has 0 amide bonds. The van der Waals surface area contributed by atoms with Crippen LogP contribution in [0.25, 0.3) is 0 Å². The fourth-order valence-corrected chi connectivity index (χ4v) is 3.18. The largest absolute Gasteiger partial charge is 0.0799 e. The average Bonchev–Trinajstić information content (AvgIpc) is 2.55. The zero-order valence-electron chi connectivity index (χ0n) is 9.27. The third-order valence-electron chi connectivity index (χ3n) is 3.97. The first-order chi connectivity index (χ1) is 7.29. The van der Waals surface area contributed by atoms with Gasteiger partial charge >= 0.3 is 0 Å². The SMILES string of the molecule is CC1=CC=CC2C(C)c3ccccc3C12. The highest BCUT2D eigenvalue weighted by Crippen LogP contribution is 2.51. The molecule has 3 atom stereocenters. The van der Waals surface area contributed by atoms with Crippen LogP contribution in [0.2, 0.25) is 0 Å². The van der Waals surface area contributed by atoms with Crippen molar-refractivity contribution in [3.05, 3.63) is 59.2 Å². The first-order valence-corrected chi connectivity index (χ1v) is 5.73. The highest BCUT2D eigenvalue weighted by molar-refractivity contribution is 5.48. The molecule has 2 aliphatic carbocycles. The Morgan fingerprint density at radius 1 is 1.07 bits per heavy atom. The maximum atomic E-state index is 2.38. The van der Waals surface area contributed by atoms with Crippen molar-refractivity contribution in [1.29, 1.82) is 0 Å². The molecule has 0 spiro atoms. The van der Waals surface area contributed by atoms with Crippen molar-refractivity contribution in [3.63, 3.8) is 0 Å². The van der Waals surface area contributed by atoms with Crippen LogP contribution in [0.3, 0.4) is 0 Å². The molecule has 0 heterocycles. The molecule has 0 fully saturated rings. The number of rotatable bonds is 0. The second-order valence-corrected chi connectivity index (χ2v) is 4.77. The van der Waals surface area contributed by atoms with E-state index in [-0.39, 0.29) is 0 Å². The van der Waals surface area contributed by atoms with Gasteiger partial charge in [0.1, 0.15) is 0 Å². The fourth-order valence-electron chi connectivity index (χ4n) is 3.18. The number of hydrogen-bond acceptors (Lipinski definition) is 0. The van der Waals surface area contributed by atoms with Gasteiger partial charge in [0.2, 0.25) is 0 Å². The Morgan fingerprint density at radius 2 is 1.80 bits per heavy atom. The molecule has 0 bridgehead atoms. The van der Waals surface area contributed by atoms with Crippen molar-refractivity contribution >= 4 is 0 Å². The van der Waals surface area contributed by atoms with Crippen molar-refractivity contribution in [2.24, 2.45) is 5.92 Å². The van der Waals surface area contributed by atoms with E-state index in [1.807, 2.05) is 0 Å². The minimum Gasteiger partial charge on any atom is -0.0799 e. The van der Waals surface area contributed by atoms with Crippen molar-refractivity contribution in [3.8, 4) is 0 Å². The van der Waals surface area contributed by atoms with Crippen molar-refractivity contribution in [2.45, 2.75) is 25.7 Å². The van der Waals surface area contributed by atoms with Gasteiger partial charge in [-0.3, -0.25) is 0 Å². The van der Waals surface area contributed by atoms with E-state index in [0.717, 1.165) is 0 Å². The summed E-state index contributed by atoms with van der Waals surface area (Å²) in [6.45, 7) is 4.61. The smallest absolute Gasteiger partial charge is 0.0120 e. The van der Waals surface area contributed by atoms with Crippen LogP contribution >= 0.6 is 0 Å². The summed E-state index contributed by atoms with van der Waals surface area (Å²) in [5, 5.41) is 0. The molecule has 0 heteroatoms. The van der Waals surface area contributed by atoms with Crippen molar-refractivity contribution in [2.75, 3.05) is 0 Å². The number of fused-ring (bicyclic) bond motifs is 3. The number of allylic oxidation sites excluding steroid dienone is 4. The standard InChI is InChI=1S/C15H16/c1-10-6-5-9-13-11(2)12-7-3-4-8-14(12)15(10)13/h3-9,11,13,15H,1-2H3. The molecule has 15 heavy (non-hydrogen) atoms. The molecule has 3 rings (SSSR count). The van der Waals surface area contributed by atoms with E-state index in [4.69, 9.17) is 0 Å². The van der Waals surface area contributed by atoms with Gasteiger partial charge in [-0.25, -0.2) is 0 Å². The lowest BCUT2D eigenvalue weighted by Gasteiger charge is -2.23. The minimum atomic E-state index is 0.640. The van der Waals surface area contributed by atoms with Gasteiger partial charge in [0.25, 0.3) is 0 Å². The third kappa shape index (κ3) is 1.14. The molecule has 0 N–H and O–H groups in total. The van der Waals surface area contributed by atoms with E-state index in [2.05, 4.69) is 56.3 Å². The van der Waals surface area contributed by atoms with Crippen LogP contribution in [0.1, 0.15) is 36.8 Å². The van der Waals surface area contributed by atoms with Crippen LogP contribution in [-0.2, 0) is 0 Å². The molecule has 1 aromatic rings. The first-order valence-electron chi connectivity index (χ1n) is 5.73. The Balaban J connectivity index is 2.19. The molecule has 0 aliphatic heterocycles. The predicted molar refractivity (Wildman–Crippen MR) is 64.0 cm³/mol. The lowest BCUT2D eigenvalue weighted by molar-refractivity contribution is 0.527. The summed E-state index contributed by atoms with van der Waals surface area (Å²) < 4.78 is 0. The second-order valence-electron chi connectivity index (χ2n) is 4.77. The maximum Gasteiger partial charge on any atom is 0.0120 e. The molecular weight excluding hydrogens is 180 g/mol. The topological polar surface area (TPSA) is 0 Å². The highest BCUT2D eigenvalue weighted by Gasteiger charge is 2.37. The van der Waals surface area contributed by atoms with Gasteiger partial charge in [0.05, 0.1) is 0 Å². The quantitative estimate of drug-likeness (QED) is 0.588. The van der Waals surface area contributed by atoms with Gasteiger partial charge < -0.3 is 0 Å². The van der Waals surface area contributed by atoms with Gasteiger partial charge in [-0.15, -0.1) is 0 Å². The molecule has 3 unspecified atom stereocenters. The van der Waals surface area contributed by atoms with E-state index < -0.39 is 0 Å². The van der Waals surface area contributed by atoms with Gasteiger partial charge in [0.15, 0.2) is 0 Å². The van der Waals surface area contributed by atoms with Crippen LogP contribution in [0.4, 0.5) is 0 Å². The Hall–Kier alpha value is -1.30. The molecule has 0 saturated carbocycles. The zero-order valence-corrected chi connectivity index (χ0v) is 9.27. The average molecular weight is 196 g/mol. The lowest BCUT2D eigenvalue weighted by Crippen LogP contribution is -2.11. The maximum absolute atomic E-state index is 2.38. The van der Waals surface area contributed by atoms with Gasteiger partial charge in [-0.05, 0) is 29.9 Å². The molecule has 0 nitrogen and oxygen atoms in total. The minimum absolute atomic E-state index is 0.640. The zero-order chi connectivity index (χ0) is 10.4. The number of hydrogen-bond donors (Lipinski definition) is 0. The Kier molecular flexibility index (Phi) is 1.85. The van der Waals surface area contributed by atoms with Crippen molar-refractivity contribution < 1.29 is 0 Å². The molecule has 76 valence electrons. The monoisotopic (exact) mass is 196 g/mol. The summed E-state index contributed by atoms with van der Waals surface area (Å²) in [5.74, 6) is 2.00. The molecular formula is C15H16. The van der Waals surface area contributed by atoms with Crippen LogP contribution in [-0.4, -0.2) is 0 Å². The summed E-state index contributed by atoms with van der Waals surface area (Å²) >= 11 is 0. The Bertz CT molecular complexity index is 451. The normalized spacial score (nSPS) is 32.1. The summed E-state index contributed by atoms with van der Waals surface area (Å²) in [5.41, 5.74) is 4.61. The fraction of sp³-hybridized carbons (Fsp3) is 0.333. The molecule has 1 aromatic carbocycles. The highest BCUT2D eigenvalue weighted by atomic mass is 14.4. The van der Waals surface area contributed by atoms with Crippen LogP contribution in [0.15, 0.2) is 48.1 Å². The Labute approximate surface area is 91.3 Å². The molecule has 2 aliphatic rings. The van der Waals surface area contributed by atoms with Gasteiger partial charge in [-0.2, -0.15) is 0 Å². The Morgan fingerprint density at radius 3 is 2.60 bits per heavy atom. The van der Waals surface area contributed by atoms with Crippen molar-refractivity contribution in [1.82, 2.24) is 0 Å². The lowest BCUT2D eigenvalue weighted by atomic mass is 9.80. The summed E-state index contributed by atoms with van der Waals surface area (Å²) in [6, 6.07) is 8.92. The van der Waals surface area contributed by atoms with E-state index in [9.17, 15) is 0 Å². The third-order valence-corrected chi connectivity index (χ3v) is 3.97. The second kappa shape index (κ2) is 3.10. The van der Waals surface area contributed by atoms with E-state index in [0.29, 0.717) is 17.8 Å². The molecule has 0 saturated heterocycles. The summed E-state index contributed by atoms with van der Waals surface area (Å²) in [6.07, 6.45) is 6.86. The van der Waals surface area contributed by atoms with Crippen LogP contribution < -0.4 is 0 Å². The van der Waals surface area contributed by atoms with Gasteiger partial charge in [-0.1, -0.05) is 55.0 Å². The van der Waals surface area contributed by atoms with Crippen LogP contribution in [0.5, 0.6) is 0 Å². The van der Waals surface area contributed by atoms with E-state index in [1.54, 1.807) is 11.1 Å². The summed E-state index contributed by atoms with van der Waals surface area (Å²) in [4.78, 5) is 0. The van der Waals surface area contributed by atoms with E-state index >= 15 is 0 Å². The predicted octanol–water partition coefficient (Wildman–Crippen LogP) is 4.02. The summed E-state index contributed by atoms with van der Waals surface area (Å²) in [7, 11) is 0. The molecule has 0 radical (unpaired) electrons. The van der Waals surface area contributed by atoms with Gasteiger partial charge in [0, 0.05) is 5.92 Å².